The van der Waals surface area contributed by atoms with Crippen LogP contribution in [0.1, 0.15) is 23.0 Å². The van der Waals surface area contributed by atoms with E-state index in [1.54, 1.807) is 4.68 Å². The van der Waals surface area contributed by atoms with E-state index >= 15 is 0 Å². The second-order valence-corrected chi connectivity index (χ2v) is 4.82. The molecule has 0 aliphatic carbocycles. The first-order valence-corrected chi connectivity index (χ1v) is 6.50. The molecular weight excluding hydrogens is 250 g/mol. The molecule has 1 N–H and O–H groups in total. The highest BCUT2D eigenvalue weighted by Gasteiger charge is 2.27. The molecule has 104 valence electrons. The van der Waals surface area contributed by atoms with Crippen molar-refractivity contribution in [1.29, 1.82) is 0 Å². The Morgan fingerprint density at radius 3 is 2.95 bits per heavy atom. The summed E-state index contributed by atoms with van der Waals surface area (Å²) in [4.78, 5) is 13.3. The minimum Gasteiger partial charge on any atom is -0.478 e. The van der Waals surface area contributed by atoms with Gasteiger partial charge in [-0.25, -0.2) is 9.48 Å². The Kier molecular flexibility index (Phi) is 3.39. The molecule has 2 aliphatic heterocycles. The number of carboxylic acid groups (broad SMARTS) is 1. The maximum atomic E-state index is 11.0. The molecule has 2 aliphatic rings. The molecule has 7 nitrogen and oxygen atoms in total. The van der Waals surface area contributed by atoms with Gasteiger partial charge in [-0.15, -0.1) is 0 Å². The number of hydrogen-bond acceptors (Lipinski definition) is 5. The van der Waals surface area contributed by atoms with Gasteiger partial charge in [0.15, 0.2) is 5.69 Å². The maximum Gasteiger partial charge on any atom is 0.356 e. The van der Waals surface area contributed by atoms with Crippen LogP contribution in [0.25, 0.3) is 0 Å². The molecule has 0 amide bonds. The van der Waals surface area contributed by atoms with Crippen molar-refractivity contribution in [3.8, 4) is 5.88 Å². The van der Waals surface area contributed by atoms with Gasteiger partial charge in [0.05, 0.1) is 25.9 Å². The number of nitrogens with zero attached hydrogens (tertiary/aromatic N) is 3. The third-order valence-electron chi connectivity index (χ3n) is 3.54. The summed E-state index contributed by atoms with van der Waals surface area (Å²) in [5.74, 6) is -0.461. The standard InChI is InChI=1S/C12H17N3O4/c16-12(17)10-7-11-15(13-10)9(1-4-19-11)8-14-2-5-18-6-3-14/h7,9H,1-6,8H2,(H,16,17). The van der Waals surface area contributed by atoms with Gasteiger partial charge in [0.1, 0.15) is 0 Å². The highest BCUT2D eigenvalue weighted by molar-refractivity contribution is 5.85. The van der Waals surface area contributed by atoms with Crippen LogP contribution in [0.3, 0.4) is 0 Å². The van der Waals surface area contributed by atoms with Crippen LogP contribution in [-0.2, 0) is 4.74 Å². The zero-order valence-electron chi connectivity index (χ0n) is 10.6. The smallest absolute Gasteiger partial charge is 0.356 e. The Hall–Kier alpha value is -1.60. The number of aromatic nitrogens is 2. The Labute approximate surface area is 110 Å². The fourth-order valence-corrected chi connectivity index (χ4v) is 2.52. The van der Waals surface area contributed by atoms with Crippen molar-refractivity contribution in [2.24, 2.45) is 0 Å². The van der Waals surface area contributed by atoms with Gasteiger partial charge in [0.25, 0.3) is 0 Å². The van der Waals surface area contributed by atoms with Gasteiger partial charge in [0.2, 0.25) is 5.88 Å². The van der Waals surface area contributed by atoms with Crippen LogP contribution < -0.4 is 4.74 Å². The largest absolute Gasteiger partial charge is 0.478 e. The molecule has 19 heavy (non-hydrogen) atoms. The Balaban J connectivity index is 1.75. The van der Waals surface area contributed by atoms with Crippen molar-refractivity contribution in [3.05, 3.63) is 11.8 Å². The number of ether oxygens (including phenoxy) is 2. The van der Waals surface area contributed by atoms with Crippen LogP contribution in [0.15, 0.2) is 6.07 Å². The lowest BCUT2D eigenvalue weighted by molar-refractivity contribution is 0.0256. The van der Waals surface area contributed by atoms with E-state index in [0.29, 0.717) is 12.5 Å². The predicted molar refractivity (Wildman–Crippen MR) is 65.6 cm³/mol. The molecule has 1 saturated heterocycles. The van der Waals surface area contributed by atoms with Crippen LogP contribution in [0.4, 0.5) is 0 Å². The molecule has 3 heterocycles. The highest BCUT2D eigenvalue weighted by Crippen LogP contribution is 2.27. The Morgan fingerprint density at radius 2 is 2.21 bits per heavy atom. The summed E-state index contributed by atoms with van der Waals surface area (Å²) in [6.07, 6.45) is 0.852. The molecule has 1 atom stereocenters. The van der Waals surface area contributed by atoms with E-state index in [1.807, 2.05) is 0 Å². The summed E-state index contributed by atoms with van der Waals surface area (Å²) in [5.41, 5.74) is 0.0453. The highest BCUT2D eigenvalue weighted by atomic mass is 16.5. The fourth-order valence-electron chi connectivity index (χ4n) is 2.52. The first kappa shape index (κ1) is 12.4. The molecular formula is C12H17N3O4. The van der Waals surface area contributed by atoms with Crippen LogP contribution in [0, 0.1) is 0 Å². The molecule has 0 radical (unpaired) electrons. The van der Waals surface area contributed by atoms with Crippen LogP contribution >= 0.6 is 0 Å². The van der Waals surface area contributed by atoms with E-state index in [9.17, 15) is 4.79 Å². The van der Waals surface area contributed by atoms with Gasteiger partial charge in [0, 0.05) is 32.1 Å². The fraction of sp³-hybridized carbons (Fsp3) is 0.667. The lowest BCUT2D eigenvalue weighted by Gasteiger charge is -2.32. The molecule has 0 bridgehead atoms. The first-order valence-electron chi connectivity index (χ1n) is 6.50. The lowest BCUT2D eigenvalue weighted by atomic mass is 10.2. The van der Waals surface area contributed by atoms with Crippen LogP contribution in [0.5, 0.6) is 5.88 Å². The zero-order valence-corrected chi connectivity index (χ0v) is 10.6. The van der Waals surface area contributed by atoms with Gasteiger partial charge < -0.3 is 14.6 Å². The molecule has 1 unspecified atom stereocenters. The van der Waals surface area contributed by atoms with Crippen molar-refractivity contribution in [3.63, 3.8) is 0 Å². The summed E-state index contributed by atoms with van der Waals surface area (Å²) >= 11 is 0. The molecule has 1 aromatic heterocycles. The minimum absolute atomic E-state index is 0.0453. The quantitative estimate of drug-likeness (QED) is 0.845. The van der Waals surface area contributed by atoms with Gasteiger partial charge in [-0.05, 0) is 0 Å². The number of hydrogen-bond donors (Lipinski definition) is 1. The number of aromatic carboxylic acids is 1. The lowest BCUT2D eigenvalue weighted by Crippen LogP contribution is -2.41. The SMILES string of the molecule is O=C(O)c1cc2n(n1)C(CN1CCOCC1)CCO2. The molecule has 7 heteroatoms. The van der Waals surface area contributed by atoms with Crippen molar-refractivity contribution < 1.29 is 19.4 Å². The average molecular weight is 267 g/mol. The topological polar surface area (TPSA) is 76.8 Å². The zero-order chi connectivity index (χ0) is 13.2. The van der Waals surface area contributed by atoms with Crippen LogP contribution in [0.2, 0.25) is 0 Å². The summed E-state index contributed by atoms with van der Waals surface area (Å²) < 4.78 is 12.5. The molecule has 0 spiro atoms. The number of rotatable bonds is 3. The van der Waals surface area contributed by atoms with E-state index in [2.05, 4.69) is 10.00 Å². The maximum absolute atomic E-state index is 11.0. The molecule has 0 aromatic carbocycles. The normalized spacial score (nSPS) is 23.7. The van der Waals surface area contributed by atoms with Gasteiger partial charge in [-0.2, -0.15) is 5.10 Å². The van der Waals surface area contributed by atoms with Crippen LogP contribution in [-0.4, -0.2) is 65.2 Å². The summed E-state index contributed by atoms with van der Waals surface area (Å²) in [5, 5.41) is 13.1. The number of morpholine rings is 1. The average Bonchev–Trinajstić information content (AvgIpc) is 2.85. The molecule has 3 rings (SSSR count). The third kappa shape index (κ3) is 2.57. The molecule has 1 fully saturated rings. The minimum atomic E-state index is -1.02. The first-order chi connectivity index (χ1) is 9.24. The number of carboxylic acids is 1. The second-order valence-electron chi connectivity index (χ2n) is 4.82. The predicted octanol–water partition coefficient (Wildman–Crippen LogP) is 0.237. The van der Waals surface area contributed by atoms with E-state index in [4.69, 9.17) is 14.6 Å². The summed E-state index contributed by atoms with van der Waals surface area (Å²) in [6, 6.07) is 1.67. The van der Waals surface area contributed by atoms with Crippen molar-refractivity contribution >= 4 is 5.97 Å². The third-order valence-corrected chi connectivity index (χ3v) is 3.54. The summed E-state index contributed by atoms with van der Waals surface area (Å²) in [6.45, 7) is 4.82. The second kappa shape index (κ2) is 5.18. The number of carbonyl (C=O) groups is 1. The van der Waals surface area contributed by atoms with E-state index in [-0.39, 0.29) is 11.7 Å². The van der Waals surface area contributed by atoms with E-state index < -0.39 is 5.97 Å². The Bertz CT molecular complexity index is 468. The molecule has 0 saturated carbocycles. The van der Waals surface area contributed by atoms with E-state index in [1.165, 1.54) is 6.07 Å². The van der Waals surface area contributed by atoms with E-state index in [0.717, 1.165) is 39.3 Å². The van der Waals surface area contributed by atoms with Gasteiger partial charge >= 0.3 is 5.97 Å². The monoisotopic (exact) mass is 267 g/mol. The Morgan fingerprint density at radius 1 is 1.42 bits per heavy atom. The van der Waals surface area contributed by atoms with Crippen molar-refractivity contribution in [2.75, 3.05) is 39.5 Å². The van der Waals surface area contributed by atoms with Crippen molar-refractivity contribution in [2.45, 2.75) is 12.5 Å². The van der Waals surface area contributed by atoms with Crippen molar-refractivity contribution in [1.82, 2.24) is 14.7 Å². The van der Waals surface area contributed by atoms with Gasteiger partial charge in [-0.3, -0.25) is 4.90 Å². The molecule has 1 aromatic rings. The number of fused-ring (bicyclic) bond motifs is 1. The van der Waals surface area contributed by atoms with Gasteiger partial charge in [-0.1, -0.05) is 0 Å². The summed E-state index contributed by atoms with van der Waals surface area (Å²) in [7, 11) is 0.